The third-order valence-corrected chi connectivity index (χ3v) is 2.66. The molecule has 0 aliphatic carbocycles. The summed E-state index contributed by atoms with van der Waals surface area (Å²) in [4.78, 5) is 10.5. The van der Waals surface area contributed by atoms with Crippen LogP contribution in [0.25, 0.3) is 0 Å². The normalized spacial score (nSPS) is 12.1. The highest BCUT2D eigenvalue weighted by atomic mass is 16.5. The predicted octanol–water partition coefficient (Wildman–Crippen LogP) is 1.09. The first-order valence-corrected chi connectivity index (χ1v) is 5.79. The van der Waals surface area contributed by atoms with Crippen molar-refractivity contribution in [2.75, 3.05) is 13.7 Å². The minimum Gasteiger partial charge on any atom is -0.484 e. The van der Waals surface area contributed by atoms with Crippen LogP contribution in [0.1, 0.15) is 18.9 Å². The Bertz CT molecular complexity index is 349. The Hall–Kier alpha value is -1.55. The average Bonchev–Trinajstić information content (AvgIpc) is 2.34. The maximum absolute atomic E-state index is 10.5. The number of ether oxygens (including phenoxy) is 1. The Morgan fingerprint density at radius 2 is 2.06 bits per heavy atom. The second kappa shape index (κ2) is 6.91. The van der Waals surface area contributed by atoms with E-state index in [1.54, 1.807) is 0 Å². The number of carbonyl (C=O) groups is 1. The van der Waals surface area contributed by atoms with Crippen molar-refractivity contribution in [2.24, 2.45) is 5.73 Å². The predicted molar refractivity (Wildman–Crippen MR) is 68.0 cm³/mol. The Morgan fingerprint density at radius 1 is 1.41 bits per heavy atom. The second-order valence-corrected chi connectivity index (χ2v) is 4.13. The van der Waals surface area contributed by atoms with Crippen LogP contribution < -0.4 is 15.8 Å². The van der Waals surface area contributed by atoms with E-state index >= 15 is 0 Å². The number of nitrogens with one attached hydrogen (secondary N) is 1. The average molecular weight is 236 g/mol. The van der Waals surface area contributed by atoms with Crippen LogP contribution in [-0.4, -0.2) is 25.6 Å². The van der Waals surface area contributed by atoms with Crippen LogP contribution in [0.5, 0.6) is 5.75 Å². The molecule has 0 heterocycles. The highest BCUT2D eigenvalue weighted by Crippen LogP contribution is 2.13. The van der Waals surface area contributed by atoms with Crippen LogP contribution >= 0.6 is 0 Å². The molecule has 17 heavy (non-hydrogen) atoms. The SMILES string of the molecule is CNC(C)CCc1ccc(OCC(N)=O)cc1. The first kappa shape index (κ1) is 13.5. The molecule has 0 saturated carbocycles. The minimum atomic E-state index is -0.461. The van der Waals surface area contributed by atoms with Crippen LogP contribution in [-0.2, 0) is 11.2 Å². The van der Waals surface area contributed by atoms with Crippen molar-refractivity contribution in [3.05, 3.63) is 29.8 Å². The van der Waals surface area contributed by atoms with E-state index in [9.17, 15) is 4.79 Å². The van der Waals surface area contributed by atoms with Gasteiger partial charge in [-0.05, 0) is 44.5 Å². The molecule has 0 bridgehead atoms. The summed E-state index contributed by atoms with van der Waals surface area (Å²) in [6.07, 6.45) is 2.12. The van der Waals surface area contributed by atoms with Crippen LogP contribution in [0, 0.1) is 0 Å². The number of carbonyl (C=O) groups excluding carboxylic acids is 1. The molecular formula is C13H20N2O2. The van der Waals surface area contributed by atoms with Gasteiger partial charge in [-0.25, -0.2) is 0 Å². The Balaban J connectivity index is 2.41. The maximum Gasteiger partial charge on any atom is 0.255 e. The van der Waals surface area contributed by atoms with Gasteiger partial charge in [-0.15, -0.1) is 0 Å². The molecule has 1 aromatic rings. The number of nitrogens with two attached hydrogens (primary N) is 1. The van der Waals surface area contributed by atoms with E-state index in [0.717, 1.165) is 12.8 Å². The van der Waals surface area contributed by atoms with E-state index < -0.39 is 5.91 Å². The van der Waals surface area contributed by atoms with E-state index in [0.29, 0.717) is 11.8 Å². The minimum absolute atomic E-state index is 0.0733. The van der Waals surface area contributed by atoms with E-state index in [1.807, 2.05) is 31.3 Å². The zero-order chi connectivity index (χ0) is 12.7. The molecule has 0 fully saturated rings. The molecule has 1 amide bonds. The van der Waals surface area contributed by atoms with Crippen molar-refractivity contribution in [1.29, 1.82) is 0 Å². The lowest BCUT2D eigenvalue weighted by Crippen LogP contribution is -2.21. The molecular weight excluding hydrogens is 216 g/mol. The molecule has 4 heteroatoms. The molecule has 4 nitrogen and oxygen atoms in total. The molecule has 1 rings (SSSR count). The van der Waals surface area contributed by atoms with E-state index in [-0.39, 0.29) is 6.61 Å². The molecule has 0 saturated heterocycles. The Labute approximate surface area is 102 Å². The van der Waals surface area contributed by atoms with Crippen LogP contribution in [0.3, 0.4) is 0 Å². The number of hydrogen-bond donors (Lipinski definition) is 2. The van der Waals surface area contributed by atoms with Gasteiger partial charge in [0.2, 0.25) is 0 Å². The Kier molecular flexibility index (Phi) is 5.49. The van der Waals surface area contributed by atoms with Gasteiger partial charge in [-0.2, -0.15) is 0 Å². The van der Waals surface area contributed by atoms with Crippen LogP contribution in [0.2, 0.25) is 0 Å². The summed E-state index contributed by atoms with van der Waals surface area (Å²) in [6.45, 7) is 2.08. The van der Waals surface area contributed by atoms with Gasteiger partial charge >= 0.3 is 0 Å². The molecule has 0 aliphatic rings. The van der Waals surface area contributed by atoms with Crippen molar-refractivity contribution < 1.29 is 9.53 Å². The molecule has 1 unspecified atom stereocenters. The standard InChI is InChI=1S/C13H20N2O2/c1-10(15-2)3-4-11-5-7-12(8-6-11)17-9-13(14)16/h5-8,10,15H,3-4,9H2,1-2H3,(H2,14,16). The maximum atomic E-state index is 10.5. The summed E-state index contributed by atoms with van der Waals surface area (Å²) in [5.74, 6) is 0.214. The van der Waals surface area contributed by atoms with Gasteiger partial charge < -0.3 is 15.8 Å². The summed E-state index contributed by atoms with van der Waals surface area (Å²) >= 11 is 0. The monoisotopic (exact) mass is 236 g/mol. The smallest absolute Gasteiger partial charge is 0.255 e. The summed E-state index contributed by atoms with van der Waals surface area (Å²) in [5.41, 5.74) is 6.26. The number of rotatable bonds is 7. The van der Waals surface area contributed by atoms with Crippen molar-refractivity contribution >= 4 is 5.91 Å². The molecule has 0 spiro atoms. The van der Waals surface area contributed by atoms with Gasteiger partial charge in [-0.3, -0.25) is 4.79 Å². The van der Waals surface area contributed by atoms with Crippen molar-refractivity contribution in [3.63, 3.8) is 0 Å². The molecule has 3 N–H and O–H groups in total. The lowest BCUT2D eigenvalue weighted by Gasteiger charge is -2.10. The Morgan fingerprint density at radius 3 is 2.59 bits per heavy atom. The quantitative estimate of drug-likeness (QED) is 0.745. The fourth-order valence-electron chi connectivity index (χ4n) is 1.43. The molecule has 0 aliphatic heterocycles. The van der Waals surface area contributed by atoms with E-state index in [1.165, 1.54) is 5.56 Å². The molecule has 0 radical (unpaired) electrons. The van der Waals surface area contributed by atoms with Crippen molar-refractivity contribution in [2.45, 2.75) is 25.8 Å². The summed E-state index contributed by atoms with van der Waals surface area (Å²) in [6, 6.07) is 8.27. The molecule has 0 aromatic heterocycles. The number of hydrogen-bond acceptors (Lipinski definition) is 3. The number of benzene rings is 1. The first-order valence-electron chi connectivity index (χ1n) is 5.79. The molecule has 1 atom stereocenters. The molecule has 1 aromatic carbocycles. The van der Waals surface area contributed by atoms with Crippen molar-refractivity contribution in [1.82, 2.24) is 5.32 Å². The zero-order valence-corrected chi connectivity index (χ0v) is 10.4. The summed E-state index contributed by atoms with van der Waals surface area (Å²) < 4.78 is 5.18. The summed E-state index contributed by atoms with van der Waals surface area (Å²) in [7, 11) is 1.96. The number of primary amides is 1. The zero-order valence-electron chi connectivity index (χ0n) is 10.4. The topological polar surface area (TPSA) is 64.3 Å². The number of amides is 1. The van der Waals surface area contributed by atoms with Gasteiger partial charge in [0, 0.05) is 6.04 Å². The highest BCUT2D eigenvalue weighted by Gasteiger charge is 2.01. The third-order valence-electron chi connectivity index (χ3n) is 2.66. The lowest BCUT2D eigenvalue weighted by atomic mass is 10.1. The largest absolute Gasteiger partial charge is 0.484 e. The van der Waals surface area contributed by atoms with Crippen LogP contribution in [0.4, 0.5) is 0 Å². The van der Waals surface area contributed by atoms with E-state index in [4.69, 9.17) is 10.5 Å². The number of aryl methyl sites for hydroxylation is 1. The van der Waals surface area contributed by atoms with Gasteiger partial charge in [0.1, 0.15) is 5.75 Å². The van der Waals surface area contributed by atoms with Crippen LogP contribution in [0.15, 0.2) is 24.3 Å². The van der Waals surface area contributed by atoms with E-state index in [2.05, 4.69) is 12.2 Å². The van der Waals surface area contributed by atoms with Gasteiger partial charge in [0.25, 0.3) is 5.91 Å². The summed E-state index contributed by atoms with van der Waals surface area (Å²) in [5, 5.41) is 3.20. The fraction of sp³-hybridized carbons (Fsp3) is 0.462. The van der Waals surface area contributed by atoms with Gasteiger partial charge in [0.05, 0.1) is 0 Å². The highest BCUT2D eigenvalue weighted by molar-refractivity contribution is 5.75. The van der Waals surface area contributed by atoms with Crippen molar-refractivity contribution in [3.8, 4) is 5.75 Å². The first-order chi connectivity index (χ1) is 8.11. The van der Waals surface area contributed by atoms with Gasteiger partial charge in [-0.1, -0.05) is 12.1 Å². The lowest BCUT2D eigenvalue weighted by molar-refractivity contribution is -0.119. The fourth-order valence-corrected chi connectivity index (χ4v) is 1.43. The second-order valence-electron chi connectivity index (χ2n) is 4.13. The van der Waals surface area contributed by atoms with Gasteiger partial charge in [0.15, 0.2) is 6.61 Å². The third kappa shape index (κ3) is 5.36. The molecule has 94 valence electrons.